The van der Waals surface area contributed by atoms with Crippen molar-refractivity contribution in [2.24, 2.45) is 11.7 Å². The van der Waals surface area contributed by atoms with Crippen LogP contribution in [0.15, 0.2) is 0 Å². The average molecular weight is 657 g/mol. The van der Waals surface area contributed by atoms with Crippen molar-refractivity contribution in [3.63, 3.8) is 0 Å². The minimum Gasteiger partial charge on any atom is -0.462 e. The maximum absolute atomic E-state index is 12.6. The standard InChI is InChI=1S/C37H72N2O5S/c1-6-8-10-12-14-16-18-20-22-24-35(40)43-28-33(44-36(41)25-23-21-19-17-15-13-11-9-7-2)29-45-30-34(38)37(42)39-32(5)27-26-31(3)4/h31-34H,6-30,38H2,1-5H3,(H,39,42)/t32?,33-,34+/m1/s1. The predicted octanol–water partition coefficient (Wildman–Crippen LogP) is 9.28. The number of unbranched alkanes of at least 4 members (excludes halogenated alkanes) is 16. The first-order valence-electron chi connectivity index (χ1n) is 18.7. The third-order valence-corrected chi connectivity index (χ3v) is 9.40. The summed E-state index contributed by atoms with van der Waals surface area (Å²) in [6.07, 6.45) is 23.6. The zero-order chi connectivity index (χ0) is 33.5. The smallest absolute Gasteiger partial charge is 0.306 e. The summed E-state index contributed by atoms with van der Waals surface area (Å²) in [5.41, 5.74) is 6.16. The third kappa shape index (κ3) is 29.8. The fraction of sp³-hybridized carbons (Fsp3) is 0.919. The largest absolute Gasteiger partial charge is 0.462 e. The molecular formula is C37H72N2O5S. The van der Waals surface area contributed by atoms with Gasteiger partial charge in [-0.15, -0.1) is 0 Å². The van der Waals surface area contributed by atoms with Gasteiger partial charge in [0.25, 0.3) is 0 Å². The normalized spacial score (nSPS) is 13.4. The Bertz CT molecular complexity index is 721. The Balaban J connectivity index is 4.54. The zero-order valence-electron chi connectivity index (χ0n) is 30.0. The van der Waals surface area contributed by atoms with Crippen LogP contribution in [0, 0.1) is 5.92 Å². The molecule has 0 radical (unpaired) electrons. The quantitative estimate of drug-likeness (QED) is 0.0549. The van der Waals surface area contributed by atoms with Crippen LogP contribution in [0.25, 0.3) is 0 Å². The Hall–Kier alpha value is -1.28. The summed E-state index contributed by atoms with van der Waals surface area (Å²) >= 11 is 1.46. The topological polar surface area (TPSA) is 108 Å². The molecule has 0 fully saturated rings. The summed E-state index contributed by atoms with van der Waals surface area (Å²) < 4.78 is 11.3. The minimum atomic E-state index is -0.649. The molecule has 0 saturated carbocycles. The van der Waals surface area contributed by atoms with Crippen molar-refractivity contribution in [3.05, 3.63) is 0 Å². The van der Waals surface area contributed by atoms with Crippen LogP contribution in [-0.4, -0.2) is 54.1 Å². The van der Waals surface area contributed by atoms with E-state index in [0.717, 1.165) is 51.4 Å². The molecule has 0 rings (SSSR count). The Labute approximate surface area is 282 Å². The van der Waals surface area contributed by atoms with Gasteiger partial charge in [0, 0.05) is 30.4 Å². The zero-order valence-corrected chi connectivity index (χ0v) is 30.8. The second-order valence-electron chi connectivity index (χ2n) is 13.5. The molecule has 0 spiro atoms. The van der Waals surface area contributed by atoms with E-state index in [-0.39, 0.29) is 30.5 Å². The summed E-state index contributed by atoms with van der Waals surface area (Å²) in [5.74, 6) is 0.770. The molecule has 0 heterocycles. The lowest BCUT2D eigenvalue weighted by molar-refractivity contribution is -0.157. The fourth-order valence-corrected chi connectivity index (χ4v) is 6.16. The van der Waals surface area contributed by atoms with Gasteiger partial charge >= 0.3 is 11.9 Å². The van der Waals surface area contributed by atoms with Gasteiger partial charge in [-0.05, 0) is 38.5 Å². The van der Waals surface area contributed by atoms with Gasteiger partial charge < -0.3 is 20.5 Å². The van der Waals surface area contributed by atoms with E-state index in [0.29, 0.717) is 30.3 Å². The highest BCUT2D eigenvalue weighted by atomic mass is 32.2. The van der Waals surface area contributed by atoms with E-state index in [1.54, 1.807) is 0 Å². The number of thioether (sulfide) groups is 1. The van der Waals surface area contributed by atoms with E-state index in [1.807, 2.05) is 6.92 Å². The third-order valence-electron chi connectivity index (χ3n) is 8.20. The molecule has 0 aliphatic heterocycles. The van der Waals surface area contributed by atoms with Gasteiger partial charge in [0.1, 0.15) is 12.7 Å². The molecule has 0 aromatic rings. The lowest BCUT2D eigenvalue weighted by atomic mass is 10.0. The number of amides is 1. The number of nitrogens with two attached hydrogens (primary N) is 1. The minimum absolute atomic E-state index is 0.0421. The van der Waals surface area contributed by atoms with Gasteiger partial charge in [0.05, 0.1) is 6.04 Å². The van der Waals surface area contributed by atoms with E-state index in [1.165, 1.54) is 88.8 Å². The number of carbonyl (C=O) groups is 3. The molecule has 0 aliphatic rings. The summed E-state index contributed by atoms with van der Waals surface area (Å²) in [6.45, 7) is 10.9. The first-order chi connectivity index (χ1) is 21.7. The van der Waals surface area contributed by atoms with Crippen molar-refractivity contribution >= 4 is 29.6 Å². The van der Waals surface area contributed by atoms with Crippen molar-refractivity contribution in [1.29, 1.82) is 0 Å². The maximum atomic E-state index is 12.6. The first kappa shape index (κ1) is 43.7. The second kappa shape index (κ2) is 31.3. The molecule has 0 bridgehead atoms. The molecule has 0 aliphatic carbocycles. The summed E-state index contributed by atoms with van der Waals surface area (Å²) in [5, 5.41) is 3.01. The van der Waals surface area contributed by atoms with Gasteiger partial charge in [-0.1, -0.05) is 130 Å². The van der Waals surface area contributed by atoms with E-state index in [4.69, 9.17) is 15.2 Å². The van der Waals surface area contributed by atoms with E-state index >= 15 is 0 Å². The Morgan fingerprint density at radius 1 is 0.644 bits per heavy atom. The summed E-state index contributed by atoms with van der Waals surface area (Å²) in [7, 11) is 0. The molecule has 0 saturated heterocycles. The van der Waals surface area contributed by atoms with Crippen LogP contribution in [0.5, 0.6) is 0 Å². The Morgan fingerprint density at radius 3 is 1.60 bits per heavy atom. The molecule has 7 nitrogen and oxygen atoms in total. The first-order valence-corrected chi connectivity index (χ1v) is 19.8. The number of carbonyl (C=O) groups excluding carboxylic acids is 3. The molecule has 266 valence electrons. The van der Waals surface area contributed by atoms with Crippen molar-refractivity contribution < 1.29 is 23.9 Å². The molecule has 45 heavy (non-hydrogen) atoms. The fourth-order valence-electron chi connectivity index (χ4n) is 5.19. The number of hydrogen-bond donors (Lipinski definition) is 2. The highest BCUT2D eigenvalue weighted by molar-refractivity contribution is 7.99. The highest BCUT2D eigenvalue weighted by Crippen LogP contribution is 2.15. The van der Waals surface area contributed by atoms with Crippen molar-refractivity contribution in [1.82, 2.24) is 5.32 Å². The number of esters is 2. The molecule has 3 atom stereocenters. The van der Waals surface area contributed by atoms with Crippen LogP contribution in [0.3, 0.4) is 0 Å². The van der Waals surface area contributed by atoms with Crippen LogP contribution >= 0.6 is 11.8 Å². The summed E-state index contributed by atoms with van der Waals surface area (Å²) in [4.78, 5) is 37.6. The van der Waals surface area contributed by atoms with E-state index in [9.17, 15) is 14.4 Å². The molecule has 1 unspecified atom stereocenters. The maximum Gasteiger partial charge on any atom is 0.306 e. The van der Waals surface area contributed by atoms with Crippen LogP contribution in [0.1, 0.15) is 176 Å². The van der Waals surface area contributed by atoms with Crippen molar-refractivity contribution in [3.8, 4) is 0 Å². The van der Waals surface area contributed by atoms with Gasteiger partial charge in [0.15, 0.2) is 0 Å². The number of ether oxygens (including phenoxy) is 2. The van der Waals surface area contributed by atoms with Gasteiger partial charge in [0.2, 0.25) is 5.91 Å². The molecule has 1 amide bonds. The van der Waals surface area contributed by atoms with Crippen molar-refractivity contribution in [2.45, 2.75) is 194 Å². The lowest BCUT2D eigenvalue weighted by Gasteiger charge is -2.20. The van der Waals surface area contributed by atoms with Gasteiger partial charge in [-0.3, -0.25) is 14.4 Å². The van der Waals surface area contributed by atoms with Crippen LogP contribution in [-0.2, 0) is 23.9 Å². The van der Waals surface area contributed by atoms with Crippen LogP contribution in [0.2, 0.25) is 0 Å². The molecule has 8 heteroatoms. The second-order valence-corrected chi connectivity index (χ2v) is 14.6. The molecular weight excluding hydrogens is 584 g/mol. The van der Waals surface area contributed by atoms with E-state index < -0.39 is 12.1 Å². The predicted molar refractivity (Wildman–Crippen MR) is 192 cm³/mol. The average Bonchev–Trinajstić information content (AvgIpc) is 3.00. The number of nitrogens with one attached hydrogen (secondary N) is 1. The summed E-state index contributed by atoms with van der Waals surface area (Å²) in [6, 6.07) is -0.570. The Morgan fingerprint density at radius 2 is 1.11 bits per heavy atom. The Kier molecular flexibility index (Phi) is 30.4. The van der Waals surface area contributed by atoms with Crippen molar-refractivity contribution in [2.75, 3.05) is 18.1 Å². The highest BCUT2D eigenvalue weighted by Gasteiger charge is 2.20. The van der Waals surface area contributed by atoms with Crippen LogP contribution < -0.4 is 11.1 Å². The van der Waals surface area contributed by atoms with Crippen LogP contribution in [0.4, 0.5) is 0 Å². The molecule has 0 aromatic carbocycles. The SMILES string of the molecule is CCCCCCCCCCCC(=O)OC[C@H](CSC[C@H](N)C(=O)NC(C)CCC(C)C)OC(=O)CCCCCCCCCCC. The van der Waals surface area contributed by atoms with E-state index in [2.05, 4.69) is 33.0 Å². The number of rotatable bonds is 32. The monoisotopic (exact) mass is 657 g/mol. The van der Waals surface area contributed by atoms with Gasteiger partial charge in [-0.25, -0.2) is 0 Å². The van der Waals surface area contributed by atoms with Gasteiger partial charge in [-0.2, -0.15) is 11.8 Å². The molecule has 3 N–H and O–H groups in total. The lowest BCUT2D eigenvalue weighted by Crippen LogP contribution is -2.46. The number of hydrogen-bond acceptors (Lipinski definition) is 7. The molecule has 0 aromatic heterocycles.